The first-order valence-corrected chi connectivity index (χ1v) is 10.6. The zero-order valence-corrected chi connectivity index (χ0v) is 18.3. The SMILES string of the molecule is C=CCOc1ccc(/C([O-])=C2\C(=O)C(=O)N(Cc3ccc[nH+]c3)C2c2ccc(C)cc2)cc1. The van der Waals surface area contributed by atoms with E-state index in [-0.39, 0.29) is 12.1 Å². The molecule has 0 spiro atoms. The van der Waals surface area contributed by atoms with Crippen LogP contribution in [0.25, 0.3) is 5.76 Å². The molecule has 6 nitrogen and oxygen atoms in total. The average Bonchev–Trinajstić information content (AvgIpc) is 3.08. The van der Waals surface area contributed by atoms with E-state index in [1.165, 1.54) is 4.90 Å². The van der Waals surface area contributed by atoms with Gasteiger partial charge in [0, 0.05) is 17.2 Å². The summed E-state index contributed by atoms with van der Waals surface area (Å²) in [6.07, 6.45) is 5.16. The third kappa shape index (κ3) is 4.55. The van der Waals surface area contributed by atoms with E-state index in [4.69, 9.17) is 4.74 Å². The number of aromatic amines is 1. The van der Waals surface area contributed by atoms with E-state index >= 15 is 0 Å². The van der Waals surface area contributed by atoms with E-state index < -0.39 is 23.5 Å². The molecular formula is C27H24N2O4. The van der Waals surface area contributed by atoms with Gasteiger partial charge in [-0.1, -0.05) is 60.4 Å². The molecule has 166 valence electrons. The quantitative estimate of drug-likeness (QED) is 0.245. The van der Waals surface area contributed by atoms with Crippen molar-refractivity contribution in [3.8, 4) is 5.75 Å². The molecule has 1 unspecified atom stereocenters. The Morgan fingerprint density at radius 3 is 2.48 bits per heavy atom. The number of aryl methyl sites for hydroxylation is 1. The van der Waals surface area contributed by atoms with Gasteiger partial charge in [-0.2, -0.15) is 0 Å². The van der Waals surface area contributed by atoms with Gasteiger partial charge in [0.25, 0.3) is 5.91 Å². The number of amides is 1. The number of carbonyl (C=O) groups is 2. The highest BCUT2D eigenvalue weighted by Crippen LogP contribution is 2.39. The van der Waals surface area contributed by atoms with Gasteiger partial charge in [0.1, 0.15) is 12.4 Å². The summed E-state index contributed by atoms with van der Waals surface area (Å²) >= 11 is 0. The topological polar surface area (TPSA) is 83.8 Å². The molecule has 33 heavy (non-hydrogen) atoms. The highest BCUT2D eigenvalue weighted by atomic mass is 16.5. The van der Waals surface area contributed by atoms with Gasteiger partial charge >= 0.3 is 0 Å². The summed E-state index contributed by atoms with van der Waals surface area (Å²) in [5.74, 6) is -1.32. The van der Waals surface area contributed by atoms with Crippen LogP contribution in [0.15, 0.2) is 91.3 Å². The Morgan fingerprint density at radius 1 is 1.12 bits per heavy atom. The molecule has 1 N–H and O–H groups in total. The fourth-order valence-electron chi connectivity index (χ4n) is 3.87. The molecule has 1 amide bonds. The fourth-order valence-corrected chi connectivity index (χ4v) is 3.87. The van der Waals surface area contributed by atoms with Crippen molar-refractivity contribution in [2.75, 3.05) is 6.61 Å². The van der Waals surface area contributed by atoms with E-state index in [1.807, 2.05) is 43.3 Å². The highest BCUT2D eigenvalue weighted by Gasteiger charge is 2.44. The van der Waals surface area contributed by atoms with Gasteiger partial charge in [0.2, 0.25) is 5.78 Å². The number of H-pyrrole nitrogens is 1. The zero-order chi connectivity index (χ0) is 23.4. The van der Waals surface area contributed by atoms with Crippen LogP contribution in [0.4, 0.5) is 0 Å². The molecule has 4 rings (SSSR count). The van der Waals surface area contributed by atoms with Crippen LogP contribution in [-0.4, -0.2) is 23.2 Å². The monoisotopic (exact) mass is 440 g/mol. The second kappa shape index (κ2) is 9.53. The lowest BCUT2D eigenvalue weighted by Gasteiger charge is -2.27. The Bertz CT molecular complexity index is 1200. The number of ketones is 1. The third-order valence-electron chi connectivity index (χ3n) is 5.53. The molecule has 0 saturated carbocycles. The lowest BCUT2D eigenvalue weighted by atomic mass is 9.94. The maximum atomic E-state index is 13.5. The molecule has 1 aromatic heterocycles. The molecular weight excluding hydrogens is 416 g/mol. The average molecular weight is 440 g/mol. The zero-order valence-electron chi connectivity index (χ0n) is 18.3. The predicted octanol–water partition coefficient (Wildman–Crippen LogP) is 2.80. The molecule has 1 aliphatic rings. The number of nitrogens with zero attached hydrogens (tertiary/aromatic N) is 1. The first kappa shape index (κ1) is 22.0. The van der Waals surface area contributed by atoms with E-state index in [0.29, 0.717) is 23.5 Å². The van der Waals surface area contributed by atoms with E-state index in [9.17, 15) is 14.7 Å². The number of Topliss-reactive ketones (excluding diaryl/α,β-unsaturated/α-hetero) is 1. The summed E-state index contributed by atoms with van der Waals surface area (Å²) < 4.78 is 5.47. The number of nitrogens with one attached hydrogen (secondary N) is 1. The molecule has 1 atom stereocenters. The van der Waals surface area contributed by atoms with Gasteiger partial charge in [-0.3, -0.25) is 9.59 Å². The molecule has 0 bridgehead atoms. The third-order valence-corrected chi connectivity index (χ3v) is 5.53. The summed E-state index contributed by atoms with van der Waals surface area (Å²) in [7, 11) is 0. The number of ether oxygens (including phenoxy) is 1. The van der Waals surface area contributed by atoms with Crippen LogP contribution in [0.3, 0.4) is 0 Å². The lowest BCUT2D eigenvalue weighted by Crippen LogP contribution is -2.29. The largest absolute Gasteiger partial charge is 0.872 e. The molecule has 0 radical (unpaired) electrons. The molecule has 1 aliphatic heterocycles. The Kier molecular flexibility index (Phi) is 6.36. The predicted molar refractivity (Wildman–Crippen MR) is 122 cm³/mol. The second-order valence-electron chi connectivity index (χ2n) is 7.85. The summed E-state index contributed by atoms with van der Waals surface area (Å²) in [5, 5.41) is 13.5. The number of rotatable bonds is 7. The summed E-state index contributed by atoms with van der Waals surface area (Å²) in [5.41, 5.74) is 2.87. The van der Waals surface area contributed by atoms with Crippen molar-refractivity contribution in [1.82, 2.24) is 4.90 Å². The maximum Gasteiger partial charge on any atom is 0.295 e. The molecule has 2 heterocycles. The molecule has 3 aromatic rings. The summed E-state index contributed by atoms with van der Waals surface area (Å²) in [4.78, 5) is 30.6. The van der Waals surface area contributed by atoms with Gasteiger partial charge < -0.3 is 14.7 Å². The number of hydrogen-bond donors (Lipinski definition) is 0. The Hall–Kier alpha value is -4.19. The van der Waals surface area contributed by atoms with Crippen molar-refractivity contribution in [3.05, 3.63) is 114 Å². The second-order valence-corrected chi connectivity index (χ2v) is 7.85. The minimum absolute atomic E-state index is 0.0384. The van der Waals surface area contributed by atoms with Crippen molar-refractivity contribution >= 4 is 17.4 Å². The first-order chi connectivity index (χ1) is 16.0. The fraction of sp³-hybridized carbons (Fsp3) is 0.148. The van der Waals surface area contributed by atoms with Crippen molar-refractivity contribution in [1.29, 1.82) is 0 Å². The van der Waals surface area contributed by atoms with E-state index in [0.717, 1.165) is 11.1 Å². The van der Waals surface area contributed by atoms with Gasteiger partial charge in [0.05, 0.1) is 12.6 Å². The van der Waals surface area contributed by atoms with Gasteiger partial charge in [-0.05, 0) is 36.2 Å². The summed E-state index contributed by atoms with van der Waals surface area (Å²) in [6, 6.07) is 17.0. The standard InChI is InChI=1S/C27H24N2O4/c1-3-15-33-22-12-10-21(11-13-22)25(30)23-24(20-8-6-18(2)7-9-20)29(27(32)26(23)31)17-19-5-4-14-28-16-19/h3-14,16,24,30H,1,15,17H2,2H3/b25-23+. The van der Waals surface area contributed by atoms with Crippen LogP contribution < -0.4 is 14.8 Å². The van der Waals surface area contributed by atoms with Crippen LogP contribution in [0.5, 0.6) is 5.75 Å². The van der Waals surface area contributed by atoms with Crippen molar-refractivity contribution in [2.45, 2.75) is 19.5 Å². The Labute approximate surface area is 192 Å². The number of pyridine rings is 1. The Morgan fingerprint density at radius 2 is 1.85 bits per heavy atom. The Balaban J connectivity index is 1.78. The highest BCUT2D eigenvalue weighted by molar-refractivity contribution is 6.46. The van der Waals surface area contributed by atoms with Crippen LogP contribution in [-0.2, 0) is 16.1 Å². The molecule has 2 aromatic carbocycles. The summed E-state index contributed by atoms with van der Waals surface area (Å²) in [6.45, 7) is 6.11. The van der Waals surface area contributed by atoms with Crippen LogP contribution in [0, 0.1) is 6.92 Å². The smallest absolute Gasteiger partial charge is 0.295 e. The molecule has 6 heteroatoms. The molecule has 1 fully saturated rings. The van der Waals surface area contributed by atoms with E-state index in [1.54, 1.807) is 42.7 Å². The lowest BCUT2D eigenvalue weighted by molar-refractivity contribution is -0.378. The maximum absolute atomic E-state index is 13.5. The number of likely N-dealkylation sites (tertiary alicyclic amines) is 1. The first-order valence-electron chi connectivity index (χ1n) is 10.6. The van der Waals surface area contributed by atoms with Crippen LogP contribution in [0.2, 0.25) is 0 Å². The number of carbonyl (C=O) groups excluding carboxylic acids is 2. The number of benzene rings is 2. The van der Waals surface area contributed by atoms with Crippen molar-refractivity contribution in [2.24, 2.45) is 0 Å². The molecule has 1 saturated heterocycles. The minimum Gasteiger partial charge on any atom is -0.872 e. The van der Waals surface area contributed by atoms with Gasteiger partial charge in [0.15, 0.2) is 12.4 Å². The van der Waals surface area contributed by atoms with E-state index in [2.05, 4.69) is 11.6 Å². The van der Waals surface area contributed by atoms with Crippen molar-refractivity contribution in [3.63, 3.8) is 0 Å². The van der Waals surface area contributed by atoms with Crippen molar-refractivity contribution < 1.29 is 24.4 Å². The normalized spacial score (nSPS) is 17.2. The van der Waals surface area contributed by atoms with Gasteiger partial charge in [-0.25, -0.2) is 4.98 Å². The number of hydrogen-bond acceptors (Lipinski definition) is 4. The molecule has 0 aliphatic carbocycles. The van der Waals surface area contributed by atoms with Crippen LogP contribution >= 0.6 is 0 Å². The minimum atomic E-state index is -0.769. The van der Waals surface area contributed by atoms with Crippen LogP contribution in [0.1, 0.15) is 28.3 Å². The number of aromatic nitrogens is 1. The van der Waals surface area contributed by atoms with Gasteiger partial charge in [-0.15, -0.1) is 0 Å².